The van der Waals surface area contributed by atoms with Crippen molar-refractivity contribution in [3.63, 3.8) is 0 Å². The maximum Gasteiger partial charge on any atom is 0.301 e. The molecule has 0 saturated carbocycles. The molecule has 7 rings (SSSR count). The number of aryl methyl sites for hydroxylation is 3. The van der Waals surface area contributed by atoms with Crippen molar-refractivity contribution in [3.05, 3.63) is 124 Å². The minimum absolute atomic E-state index is 0.0791. The molecule has 230 valence electrons. The van der Waals surface area contributed by atoms with Gasteiger partial charge in [0.25, 0.3) is 5.78 Å². The molecule has 0 aliphatic carbocycles. The molecule has 1 unspecified atom stereocenters. The second-order valence-corrected chi connectivity index (χ2v) is 12.3. The maximum atomic E-state index is 13.9. The summed E-state index contributed by atoms with van der Waals surface area (Å²) in [5, 5.41) is 12.2. The zero-order valence-electron chi connectivity index (χ0n) is 25.6. The Balaban J connectivity index is 1.39. The Labute approximate surface area is 269 Å². The summed E-state index contributed by atoms with van der Waals surface area (Å²) in [5.41, 5.74) is 5.63. The minimum atomic E-state index is -1.01. The molecule has 1 atom stereocenters. The fourth-order valence-electron chi connectivity index (χ4n) is 5.85. The van der Waals surface area contributed by atoms with Crippen LogP contribution >= 0.6 is 11.3 Å². The molecule has 1 saturated heterocycles. The molecule has 0 bridgehead atoms. The van der Waals surface area contributed by atoms with Crippen LogP contribution in [0.5, 0.6) is 11.5 Å². The summed E-state index contributed by atoms with van der Waals surface area (Å²) in [4.78, 5) is 38.6. The molecule has 3 aromatic heterocycles. The number of thiazole rings is 1. The summed E-state index contributed by atoms with van der Waals surface area (Å²) < 4.78 is 14.5. The van der Waals surface area contributed by atoms with E-state index in [0.29, 0.717) is 45.7 Å². The number of rotatable bonds is 7. The molecule has 4 heterocycles. The van der Waals surface area contributed by atoms with Crippen LogP contribution in [0.1, 0.15) is 39.7 Å². The summed E-state index contributed by atoms with van der Waals surface area (Å²) in [6.07, 6.45) is 1.85. The number of hydrogen-bond donors (Lipinski definition) is 1. The van der Waals surface area contributed by atoms with Gasteiger partial charge in [0.05, 0.1) is 34.6 Å². The molecular weight excluding hydrogens is 600 g/mol. The lowest BCUT2D eigenvalue weighted by Gasteiger charge is -2.23. The van der Waals surface area contributed by atoms with Gasteiger partial charge in [-0.1, -0.05) is 59.9 Å². The summed E-state index contributed by atoms with van der Waals surface area (Å²) in [5.74, 6) is -1.06. The van der Waals surface area contributed by atoms with Crippen molar-refractivity contribution in [2.45, 2.75) is 33.4 Å². The lowest BCUT2D eigenvalue weighted by molar-refractivity contribution is -0.132. The molecule has 1 aliphatic heterocycles. The van der Waals surface area contributed by atoms with Crippen LogP contribution < -0.4 is 14.4 Å². The van der Waals surface area contributed by atoms with Gasteiger partial charge < -0.3 is 19.0 Å². The van der Waals surface area contributed by atoms with Crippen molar-refractivity contribution < 1.29 is 24.2 Å². The quantitative estimate of drug-likeness (QED) is 0.114. The van der Waals surface area contributed by atoms with E-state index in [1.165, 1.54) is 23.3 Å². The van der Waals surface area contributed by atoms with Gasteiger partial charge in [-0.2, -0.15) is 0 Å². The van der Waals surface area contributed by atoms with Gasteiger partial charge in [-0.3, -0.25) is 14.5 Å². The monoisotopic (exact) mass is 630 g/mol. The third-order valence-corrected chi connectivity index (χ3v) is 9.25. The standard InChI is InChI=1S/C36H30N4O5S/c1-20-12-14-25-28(17-20)46-36(37-25)40-31(24-13-15-26(27(18-24)44-4)45-19-23-10-6-5-7-11-23)29(33(42)35(40)43)32(41)30-22(3)39-16-8-9-21(2)34(39)38-30/h5-18,31,41H,19H2,1-4H3. The van der Waals surface area contributed by atoms with E-state index in [1.54, 1.807) is 18.2 Å². The number of nitrogens with zero attached hydrogens (tertiary/aromatic N) is 4. The number of carbonyl (C=O) groups excluding carboxylic acids is 2. The summed E-state index contributed by atoms with van der Waals surface area (Å²) >= 11 is 1.31. The van der Waals surface area contributed by atoms with Crippen molar-refractivity contribution in [3.8, 4) is 11.5 Å². The highest BCUT2D eigenvalue weighted by Crippen LogP contribution is 2.46. The first-order chi connectivity index (χ1) is 22.2. The van der Waals surface area contributed by atoms with Crippen molar-refractivity contribution >= 4 is 49.8 Å². The first-order valence-electron chi connectivity index (χ1n) is 14.7. The first-order valence-corrected chi connectivity index (χ1v) is 15.5. The van der Waals surface area contributed by atoms with Gasteiger partial charge in [0.15, 0.2) is 22.4 Å². The van der Waals surface area contributed by atoms with Gasteiger partial charge >= 0.3 is 5.91 Å². The maximum absolute atomic E-state index is 13.9. The third kappa shape index (κ3) is 4.87. The molecule has 3 aromatic carbocycles. The summed E-state index contributed by atoms with van der Waals surface area (Å²) in [6, 6.07) is 23.7. The number of amides is 1. The first kappa shape index (κ1) is 29.2. The molecule has 0 radical (unpaired) electrons. The van der Waals surface area contributed by atoms with E-state index >= 15 is 0 Å². The number of aliphatic hydroxyl groups is 1. The average Bonchev–Trinajstić information content (AvgIpc) is 3.72. The highest BCUT2D eigenvalue weighted by molar-refractivity contribution is 7.22. The molecule has 9 nitrogen and oxygen atoms in total. The zero-order chi connectivity index (χ0) is 32.1. The highest BCUT2D eigenvalue weighted by Gasteiger charge is 2.49. The minimum Gasteiger partial charge on any atom is -0.505 e. The van der Waals surface area contributed by atoms with Crippen molar-refractivity contribution in [1.29, 1.82) is 0 Å². The predicted octanol–water partition coefficient (Wildman–Crippen LogP) is 7.08. The third-order valence-electron chi connectivity index (χ3n) is 8.23. The zero-order valence-corrected chi connectivity index (χ0v) is 26.5. The molecule has 10 heteroatoms. The average molecular weight is 631 g/mol. The summed E-state index contributed by atoms with van der Waals surface area (Å²) in [6.45, 7) is 6.05. The van der Waals surface area contributed by atoms with E-state index in [1.807, 2.05) is 92.0 Å². The van der Waals surface area contributed by atoms with Crippen LogP contribution in [0.4, 0.5) is 5.13 Å². The number of aromatic nitrogens is 3. The largest absolute Gasteiger partial charge is 0.505 e. The number of hydrogen-bond acceptors (Lipinski definition) is 8. The fourth-order valence-corrected chi connectivity index (χ4v) is 6.94. The van der Waals surface area contributed by atoms with Crippen LogP contribution in [0.15, 0.2) is 90.6 Å². The van der Waals surface area contributed by atoms with Crippen LogP contribution in [-0.2, 0) is 16.2 Å². The number of anilines is 1. The SMILES string of the molecule is COc1cc(C2C(=C(O)c3nc4c(C)cccn4c3C)C(=O)C(=O)N2c2nc3ccc(C)cc3s2)ccc1OCc1ccccc1. The molecule has 1 N–H and O–H groups in total. The van der Waals surface area contributed by atoms with E-state index < -0.39 is 17.7 Å². The number of aliphatic hydroxyl groups excluding tert-OH is 1. The van der Waals surface area contributed by atoms with Gasteiger partial charge in [-0.15, -0.1) is 0 Å². The van der Waals surface area contributed by atoms with Crippen LogP contribution in [0.3, 0.4) is 0 Å². The smallest absolute Gasteiger partial charge is 0.301 e. The van der Waals surface area contributed by atoms with Crippen molar-refractivity contribution in [1.82, 2.24) is 14.4 Å². The normalized spacial score (nSPS) is 16.1. The van der Waals surface area contributed by atoms with Gasteiger partial charge in [-0.05, 0) is 73.4 Å². The Hall–Kier alpha value is -5.48. The second kappa shape index (κ2) is 11.5. The van der Waals surface area contributed by atoms with Gasteiger partial charge in [0.2, 0.25) is 0 Å². The molecule has 6 aromatic rings. The molecule has 46 heavy (non-hydrogen) atoms. The Morgan fingerprint density at radius 2 is 1.74 bits per heavy atom. The van der Waals surface area contributed by atoms with Crippen LogP contribution in [0.2, 0.25) is 0 Å². The molecular formula is C36H30N4O5S. The summed E-state index contributed by atoms with van der Waals surface area (Å²) in [7, 11) is 1.53. The number of benzene rings is 3. The van der Waals surface area contributed by atoms with Gasteiger partial charge in [0.1, 0.15) is 17.9 Å². The van der Waals surface area contributed by atoms with Crippen LogP contribution in [-0.4, -0.2) is 38.3 Å². The number of Topliss-reactive ketones (excluding diaryl/α,β-unsaturated/α-hetero) is 1. The molecule has 1 fully saturated rings. The van der Waals surface area contributed by atoms with Gasteiger partial charge in [-0.25, -0.2) is 9.97 Å². The number of carbonyl (C=O) groups is 2. The number of ketones is 1. The van der Waals surface area contributed by atoms with Crippen LogP contribution in [0, 0.1) is 20.8 Å². The Kier molecular flexibility index (Phi) is 7.29. The van der Waals surface area contributed by atoms with E-state index in [-0.39, 0.29) is 17.0 Å². The van der Waals surface area contributed by atoms with Gasteiger partial charge in [0, 0.05) is 6.20 Å². The van der Waals surface area contributed by atoms with E-state index in [2.05, 4.69) is 0 Å². The highest BCUT2D eigenvalue weighted by atomic mass is 32.1. The number of ether oxygens (including phenoxy) is 2. The molecule has 1 aliphatic rings. The number of methoxy groups -OCH3 is 1. The lowest BCUT2D eigenvalue weighted by Crippen LogP contribution is -2.29. The lowest BCUT2D eigenvalue weighted by atomic mass is 9.96. The van der Waals surface area contributed by atoms with Crippen molar-refractivity contribution in [2.75, 3.05) is 12.0 Å². The topological polar surface area (TPSA) is 106 Å². The Morgan fingerprint density at radius 1 is 0.935 bits per heavy atom. The Bertz CT molecular complexity index is 2200. The van der Waals surface area contributed by atoms with E-state index in [0.717, 1.165) is 21.4 Å². The number of pyridine rings is 1. The predicted molar refractivity (Wildman–Crippen MR) is 178 cm³/mol. The molecule has 1 amide bonds. The molecule has 0 spiro atoms. The second-order valence-electron chi connectivity index (χ2n) is 11.3. The fraction of sp³-hybridized carbons (Fsp3) is 0.167. The number of imidazole rings is 1. The Morgan fingerprint density at radius 3 is 2.50 bits per heavy atom. The van der Waals surface area contributed by atoms with Crippen molar-refractivity contribution in [2.24, 2.45) is 0 Å². The number of fused-ring (bicyclic) bond motifs is 2. The van der Waals surface area contributed by atoms with E-state index in [4.69, 9.17) is 19.4 Å². The van der Waals surface area contributed by atoms with E-state index in [9.17, 15) is 14.7 Å². The van der Waals surface area contributed by atoms with Crippen LogP contribution in [0.25, 0.3) is 21.6 Å².